The standard InChI is InChI=1S/2C7H6ClF/c2*1-5-3-2-4-6(8)7(5)9/h2*2-4H,1H3. The summed E-state index contributed by atoms with van der Waals surface area (Å²) in [7, 11) is 0. The lowest BCUT2D eigenvalue weighted by molar-refractivity contribution is 0.618. The fourth-order valence-corrected chi connectivity index (χ4v) is 1.67. The van der Waals surface area contributed by atoms with Crippen LogP contribution in [0.25, 0.3) is 0 Å². The van der Waals surface area contributed by atoms with E-state index >= 15 is 0 Å². The number of hydrogen-bond donors (Lipinski definition) is 0. The number of aryl methyl sites for hydroxylation is 2. The van der Waals surface area contributed by atoms with Gasteiger partial charge in [-0.1, -0.05) is 47.5 Å². The average molecular weight is 289 g/mol. The first-order valence-corrected chi connectivity index (χ1v) is 6.00. The summed E-state index contributed by atoms with van der Waals surface area (Å²) in [5.74, 6) is -0.640. The molecule has 0 aromatic heterocycles. The third-order valence-corrected chi connectivity index (χ3v) is 2.87. The molecule has 0 heterocycles. The molecule has 0 N–H and O–H groups in total. The van der Waals surface area contributed by atoms with Crippen molar-refractivity contribution in [2.24, 2.45) is 0 Å². The lowest BCUT2D eigenvalue weighted by atomic mass is 10.2. The molecule has 0 bridgehead atoms. The summed E-state index contributed by atoms with van der Waals surface area (Å²) in [5.41, 5.74) is 1.17. The minimum atomic E-state index is -0.320. The third kappa shape index (κ3) is 3.97. The van der Waals surface area contributed by atoms with E-state index < -0.39 is 0 Å². The molecule has 2 rings (SSSR count). The van der Waals surface area contributed by atoms with Crippen LogP contribution in [0.4, 0.5) is 8.78 Å². The fourth-order valence-electron chi connectivity index (χ4n) is 1.22. The Morgan fingerprint density at radius 1 is 0.722 bits per heavy atom. The van der Waals surface area contributed by atoms with Gasteiger partial charge in [-0.15, -0.1) is 0 Å². The smallest absolute Gasteiger partial charge is 0.144 e. The maximum absolute atomic E-state index is 12.6. The van der Waals surface area contributed by atoms with E-state index in [0.29, 0.717) is 11.1 Å². The van der Waals surface area contributed by atoms with Crippen molar-refractivity contribution in [3.63, 3.8) is 0 Å². The monoisotopic (exact) mass is 288 g/mol. The highest BCUT2D eigenvalue weighted by Gasteiger charge is 1.99. The molecular weight excluding hydrogens is 277 g/mol. The van der Waals surface area contributed by atoms with Gasteiger partial charge in [0.25, 0.3) is 0 Å². The van der Waals surface area contributed by atoms with Crippen LogP contribution in [0.3, 0.4) is 0 Å². The molecule has 0 aliphatic rings. The summed E-state index contributed by atoms with van der Waals surface area (Å²) in [6.07, 6.45) is 0. The van der Waals surface area contributed by atoms with E-state index in [1.165, 1.54) is 12.1 Å². The van der Waals surface area contributed by atoms with E-state index in [1.807, 2.05) is 0 Å². The maximum Gasteiger partial charge on any atom is 0.144 e. The van der Waals surface area contributed by atoms with E-state index in [9.17, 15) is 8.78 Å². The van der Waals surface area contributed by atoms with Gasteiger partial charge in [0.1, 0.15) is 11.6 Å². The Kier molecular flexibility index (Phi) is 5.57. The van der Waals surface area contributed by atoms with Gasteiger partial charge >= 0.3 is 0 Å². The van der Waals surface area contributed by atoms with Crippen LogP contribution in [-0.2, 0) is 0 Å². The molecule has 0 amide bonds. The van der Waals surface area contributed by atoms with E-state index in [0.717, 1.165) is 0 Å². The zero-order chi connectivity index (χ0) is 13.7. The summed E-state index contributed by atoms with van der Waals surface area (Å²) in [6, 6.07) is 9.87. The first-order chi connectivity index (χ1) is 8.43. The number of rotatable bonds is 0. The molecule has 2 aromatic rings. The summed E-state index contributed by atoms with van der Waals surface area (Å²) < 4.78 is 25.2. The second kappa shape index (κ2) is 6.72. The van der Waals surface area contributed by atoms with Crippen LogP contribution in [0.15, 0.2) is 36.4 Å². The second-order valence-corrected chi connectivity index (χ2v) is 4.56. The van der Waals surface area contributed by atoms with Crippen LogP contribution in [0.2, 0.25) is 10.0 Å². The quantitative estimate of drug-likeness (QED) is 0.594. The van der Waals surface area contributed by atoms with E-state index in [2.05, 4.69) is 0 Å². The Morgan fingerprint density at radius 3 is 1.28 bits per heavy atom. The van der Waals surface area contributed by atoms with Crippen molar-refractivity contribution in [2.75, 3.05) is 0 Å². The fraction of sp³-hybridized carbons (Fsp3) is 0.143. The molecule has 0 saturated heterocycles. The summed E-state index contributed by atoms with van der Waals surface area (Å²) in [4.78, 5) is 0. The molecule has 18 heavy (non-hydrogen) atoms. The van der Waals surface area contributed by atoms with Crippen molar-refractivity contribution in [2.45, 2.75) is 13.8 Å². The lowest BCUT2D eigenvalue weighted by Gasteiger charge is -1.94. The van der Waals surface area contributed by atoms with Gasteiger partial charge in [-0.3, -0.25) is 0 Å². The molecule has 4 heteroatoms. The van der Waals surface area contributed by atoms with Crippen LogP contribution in [0.5, 0.6) is 0 Å². The molecular formula is C14H12Cl2F2. The first kappa shape index (κ1) is 14.9. The van der Waals surface area contributed by atoms with Gasteiger partial charge in [0.15, 0.2) is 0 Å². The van der Waals surface area contributed by atoms with Crippen molar-refractivity contribution in [1.82, 2.24) is 0 Å². The Labute approximate surface area is 115 Å². The van der Waals surface area contributed by atoms with Gasteiger partial charge in [0.2, 0.25) is 0 Å². The Morgan fingerprint density at radius 2 is 1.06 bits per heavy atom. The van der Waals surface area contributed by atoms with Crippen molar-refractivity contribution in [3.8, 4) is 0 Å². The molecule has 0 aliphatic heterocycles. The van der Waals surface area contributed by atoms with Crippen molar-refractivity contribution < 1.29 is 8.78 Å². The van der Waals surface area contributed by atoms with Crippen LogP contribution >= 0.6 is 23.2 Å². The molecule has 0 nitrogen and oxygen atoms in total. The van der Waals surface area contributed by atoms with Gasteiger partial charge in [0, 0.05) is 0 Å². The Hall–Kier alpha value is -1.12. The number of halogens is 4. The van der Waals surface area contributed by atoms with E-state index in [1.54, 1.807) is 38.1 Å². The molecule has 0 fully saturated rings. The summed E-state index contributed by atoms with van der Waals surface area (Å²) >= 11 is 10.9. The second-order valence-electron chi connectivity index (χ2n) is 3.74. The maximum atomic E-state index is 12.6. The minimum Gasteiger partial charge on any atom is -0.205 e. The molecule has 2 aromatic carbocycles. The highest BCUT2D eigenvalue weighted by atomic mass is 35.5. The van der Waals surface area contributed by atoms with E-state index in [-0.39, 0.29) is 21.7 Å². The van der Waals surface area contributed by atoms with Crippen molar-refractivity contribution in [1.29, 1.82) is 0 Å². The van der Waals surface area contributed by atoms with Gasteiger partial charge in [-0.2, -0.15) is 0 Å². The Balaban J connectivity index is 0.000000180. The molecule has 0 aliphatic carbocycles. The summed E-state index contributed by atoms with van der Waals surface area (Å²) in [6.45, 7) is 3.36. The SMILES string of the molecule is Cc1cccc(Cl)c1F.Cc1cccc(Cl)c1F. The van der Waals surface area contributed by atoms with Crippen molar-refractivity contribution in [3.05, 3.63) is 69.2 Å². The van der Waals surface area contributed by atoms with Gasteiger partial charge in [-0.05, 0) is 37.1 Å². The van der Waals surface area contributed by atoms with Gasteiger partial charge < -0.3 is 0 Å². The minimum absolute atomic E-state index is 0.190. The highest BCUT2D eigenvalue weighted by Crippen LogP contribution is 2.16. The van der Waals surface area contributed by atoms with Crippen LogP contribution < -0.4 is 0 Å². The van der Waals surface area contributed by atoms with Crippen molar-refractivity contribution >= 4 is 23.2 Å². The third-order valence-electron chi connectivity index (χ3n) is 2.29. The highest BCUT2D eigenvalue weighted by molar-refractivity contribution is 6.31. The van der Waals surface area contributed by atoms with Gasteiger partial charge in [-0.25, -0.2) is 8.78 Å². The average Bonchev–Trinajstić information content (AvgIpc) is 2.34. The van der Waals surface area contributed by atoms with Crippen LogP contribution in [0, 0.1) is 25.5 Å². The topological polar surface area (TPSA) is 0 Å². The normalized spacial score (nSPS) is 9.67. The molecule has 0 unspecified atom stereocenters. The first-order valence-electron chi connectivity index (χ1n) is 5.24. The zero-order valence-electron chi connectivity index (χ0n) is 9.98. The van der Waals surface area contributed by atoms with Crippen LogP contribution in [0.1, 0.15) is 11.1 Å². The molecule has 0 spiro atoms. The molecule has 0 radical (unpaired) electrons. The largest absolute Gasteiger partial charge is 0.205 e. The van der Waals surface area contributed by atoms with Crippen LogP contribution in [-0.4, -0.2) is 0 Å². The van der Waals surface area contributed by atoms with E-state index in [4.69, 9.17) is 23.2 Å². The number of benzene rings is 2. The molecule has 96 valence electrons. The number of hydrogen-bond acceptors (Lipinski definition) is 0. The zero-order valence-corrected chi connectivity index (χ0v) is 11.5. The molecule has 0 saturated carbocycles. The predicted octanol–water partition coefficient (Wildman–Crippen LogP) is 5.58. The Bertz CT molecular complexity index is 449. The van der Waals surface area contributed by atoms with Gasteiger partial charge in [0.05, 0.1) is 10.0 Å². The molecule has 0 atom stereocenters. The predicted molar refractivity (Wildman–Crippen MR) is 72.3 cm³/mol. The lowest BCUT2D eigenvalue weighted by Crippen LogP contribution is -1.80. The summed E-state index contributed by atoms with van der Waals surface area (Å²) in [5, 5.41) is 0.380.